The fourth-order valence-corrected chi connectivity index (χ4v) is 2.27. The molecule has 4 nitrogen and oxygen atoms in total. The standard InChI is InChI=1S/C16H30N4/c1-13(2)12-20(8-7-19(5)6)16-9-14(3)18-11-15(16)10-17-4/h9,11,13,17H,7-8,10,12H2,1-6H3. The lowest BCUT2D eigenvalue weighted by Gasteiger charge is -2.30. The van der Waals surface area contributed by atoms with Gasteiger partial charge in [0.15, 0.2) is 0 Å². The maximum Gasteiger partial charge on any atom is 0.0446 e. The maximum atomic E-state index is 4.44. The van der Waals surface area contributed by atoms with Crippen LogP contribution in [-0.4, -0.2) is 50.7 Å². The van der Waals surface area contributed by atoms with Crippen molar-refractivity contribution in [3.63, 3.8) is 0 Å². The third kappa shape index (κ3) is 5.47. The zero-order valence-electron chi connectivity index (χ0n) is 13.9. The first kappa shape index (κ1) is 16.9. The third-order valence-electron chi connectivity index (χ3n) is 3.21. The van der Waals surface area contributed by atoms with E-state index in [1.807, 2.05) is 13.2 Å². The number of pyridine rings is 1. The molecular weight excluding hydrogens is 248 g/mol. The van der Waals surface area contributed by atoms with Gasteiger partial charge in [-0.1, -0.05) is 13.8 Å². The van der Waals surface area contributed by atoms with Crippen LogP contribution in [0, 0.1) is 12.8 Å². The zero-order chi connectivity index (χ0) is 15.1. The smallest absolute Gasteiger partial charge is 0.0446 e. The number of aryl methyl sites for hydroxylation is 1. The molecule has 1 rings (SSSR count). The molecule has 0 radical (unpaired) electrons. The molecule has 0 spiro atoms. The van der Waals surface area contributed by atoms with E-state index in [9.17, 15) is 0 Å². The molecule has 114 valence electrons. The number of aromatic nitrogens is 1. The SMILES string of the molecule is CNCc1cnc(C)cc1N(CCN(C)C)CC(C)C. The first-order valence-corrected chi connectivity index (χ1v) is 7.43. The quantitative estimate of drug-likeness (QED) is 0.789. The molecule has 0 fully saturated rings. The van der Waals surface area contributed by atoms with Crippen molar-refractivity contribution in [2.45, 2.75) is 27.3 Å². The molecule has 0 unspecified atom stereocenters. The summed E-state index contributed by atoms with van der Waals surface area (Å²) in [6, 6.07) is 2.21. The van der Waals surface area contributed by atoms with Crippen LogP contribution in [0.5, 0.6) is 0 Å². The summed E-state index contributed by atoms with van der Waals surface area (Å²) < 4.78 is 0. The van der Waals surface area contributed by atoms with Gasteiger partial charge < -0.3 is 15.1 Å². The van der Waals surface area contributed by atoms with E-state index in [-0.39, 0.29) is 0 Å². The first-order chi connectivity index (χ1) is 9.43. The normalized spacial score (nSPS) is 11.4. The van der Waals surface area contributed by atoms with Gasteiger partial charge in [-0.2, -0.15) is 0 Å². The molecule has 0 aliphatic rings. The second-order valence-corrected chi connectivity index (χ2v) is 6.13. The molecule has 0 aromatic carbocycles. The highest BCUT2D eigenvalue weighted by Crippen LogP contribution is 2.22. The topological polar surface area (TPSA) is 31.4 Å². The largest absolute Gasteiger partial charge is 0.370 e. The summed E-state index contributed by atoms with van der Waals surface area (Å²) in [5.41, 5.74) is 3.68. The summed E-state index contributed by atoms with van der Waals surface area (Å²) in [6.45, 7) is 10.7. The Morgan fingerprint density at radius 1 is 1.25 bits per heavy atom. The van der Waals surface area contributed by atoms with Crippen molar-refractivity contribution in [1.82, 2.24) is 15.2 Å². The average Bonchev–Trinajstić information content (AvgIpc) is 2.36. The molecule has 4 heteroatoms. The summed E-state index contributed by atoms with van der Waals surface area (Å²) in [5, 5.41) is 3.24. The molecule has 0 aliphatic carbocycles. The van der Waals surface area contributed by atoms with E-state index >= 15 is 0 Å². The predicted octanol–water partition coefficient (Wildman–Crippen LogP) is 2.13. The van der Waals surface area contributed by atoms with Crippen LogP contribution in [0.2, 0.25) is 0 Å². The Kier molecular flexibility index (Phi) is 6.96. The highest BCUT2D eigenvalue weighted by atomic mass is 15.2. The zero-order valence-corrected chi connectivity index (χ0v) is 13.9. The lowest BCUT2D eigenvalue weighted by atomic mass is 10.1. The molecule has 1 aromatic rings. The lowest BCUT2D eigenvalue weighted by molar-refractivity contribution is 0.408. The van der Waals surface area contributed by atoms with Crippen molar-refractivity contribution in [3.8, 4) is 0 Å². The van der Waals surface area contributed by atoms with Gasteiger partial charge in [0, 0.05) is 49.3 Å². The van der Waals surface area contributed by atoms with Crippen LogP contribution in [0.3, 0.4) is 0 Å². The minimum absolute atomic E-state index is 0.646. The highest BCUT2D eigenvalue weighted by molar-refractivity contribution is 5.53. The van der Waals surface area contributed by atoms with Crippen molar-refractivity contribution in [2.75, 3.05) is 45.7 Å². The lowest BCUT2D eigenvalue weighted by Crippen LogP contribution is -2.35. The van der Waals surface area contributed by atoms with Crippen LogP contribution in [0.15, 0.2) is 12.3 Å². The molecule has 1 heterocycles. The minimum atomic E-state index is 0.646. The van der Waals surface area contributed by atoms with Gasteiger partial charge in [-0.05, 0) is 40.1 Å². The molecule has 0 atom stereocenters. The Hall–Kier alpha value is -1.13. The Morgan fingerprint density at radius 3 is 2.50 bits per heavy atom. The Labute approximate surface area is 124 Å². The molecule has 20 heavy (non-hydrogen) atoms. The minimum Gasteiger partial charge on any atom is -0.370 e. The molecular formula is C16H30N4. The molecule has 1 N–H and O–H groups in total. The predicted molar refractivity (Wildman–Crippen MR) is 87.3 cm³/mol. The van der Waals surface area contributed by atoms with Crippen LogP contribution in [0.4, 0.5) is 5.69 Å². The van der Waals surface area contributed by atoms with Crippen LogP contribution < -0.4 is 10.2 Å². The summed E-state index contributed by atoms with van der Waals surface area (Å²) in [4.78, 5) is 9.17. The van der Waals surface area contributed by atoms with Crippen LogP contribution in [0.1, 0.15) is 25.1 Å². The maximum absolute atomic E-state index is 4.44. The number of nitrogens with one attached hydrogen (secondary N) is 1. The van der Waals surface area contributed by atoms with Gasteiger partial charge in [-0.25, -0.2) is 0 Å². The van der Waals surface area contributed by atoms with Crippen molar-refractivity contribution in [2.24, 2.45) is 5.92 Å². The van der Waals surface area contributed by atoms with E-state index in [1.165, 1.54) is 11.3 Å². The third-order valence-corrected chi connectivity index (χ3v) is 3.21. The average molecular weight is 278 g/mol. The Bertz CT molecular complexity index is 401. The number of hydrogen-bond donors (Lipinski definition) is 1. The van der Waals surface area contributed by atoms with E-state index in [1.54, 1.807) is 0 Å². The van der Waals surface area contributed by atoms with E-state index < -0.39 is 0 Å². The van der Waals surface area contributed by atoms with Crippen LogP contribution in [-0.2, 0) is 6.54 Å². The second-order valence-electron chi connectivity index (χ2n) is 6.13. The van der Waals surface area contributed by atoms with Gasteiger partial charge in [-0.15, -0.1) is 0 Å². The first-order valence-electron chi connectivity index (χ1n) is 7.43. The number of nitrogens with zero attached hydrogens (tertiary/aromatic N) is 3. The van der Waals surface area contributed by atoms with Crippen LogP contribution >= 0.6 is 0 Å². The molecule has 0 saturated heterocycles. The monoisotopic (exact) mass is 278 g/mol. The molecule has 1 aromatic heterocycles. The molecule has 0 saturated carbocycles. The van der Waals surface area contributed by atoms with Crippen molar-refractivity contribution in [3.05, 3.63) is 23.5 Å². The van der Waals surface area contributed by atoms with E-state index in [0.29, 0.717) is 5.92 Å². The summed E-state index contributed by atoms with van der Waals surface area (Å²) in [5.74, 6) is 0.646. The highest BCUT2D eigenvalue weighted by Gasteiger charge is 2.13. The fourth-order valence-electron chi connectivity index (χ4n) is 2.27. The van der Waals surface area contributed by atoms with Gasteiger partial charge >= 0.3 is 0 Å². The van der Waals surface area contributed by atoms with Crippen molar-refractivity contribution < 1.29 is 0 Å². The van der Waals surface area contributed by atoms with Crippen LogP contribution in [0.25, 0.3) is 0 Å². The van der Waals surface area contributed by atoms with Gasteiger partial charge in [0.05, 0.1) is 0 Å². The van der Waals surface area contributed by atoms with E-state index in [0.717, 1.165) is 31.9 Å². The number of anilines is 1. The van der Waals surface area contributed by atoms with Gasteiger partial charge in [0.1, 0.15) is 0 Å². The summed E-state index contributed by atoms with van der Waals surface area (Å²) >= 11 is 0. The van der Waals surface area contributed by atoms with E-state index in [2.05, 4.69) is 61.0 Å². The summed E-state index contributed by atoms with van der Waals surface area (Å²) in [6.07, 6.45) is 2.00. The Morgan fingerprint density at radius 2 is 1.95 bits per heavy atom. The van der Waals surface area contributed by atoms with Crippen molar-refractivity contribution in [1.29, 1.82) is 0 Å². The van der Waals surface area contributed by atoms with Gasteiger partial charge in [-0.3, -0.25) is 4.98 Å². The summed E-state index contributed by atoms with van der Waals surface area (Å²) in [7, 11) is 6.23. The van der Waals surface area contributed by atoms with Gasteiger partial charge in [0.2, 0.25) is 0 Å². The molecule has 0 aliphatic heterocycles. The number of hydrogen-bond acceptors (Lipinski definition) is 4. The van der Waals surface area contributed by atoms with Crippen molar-refractivity contribution >= 4 is 5.69 Å². The fraction of sp³-hybridized carbons (Fsp3) is 0.688. The number of likely N-dealkylation sites (N-methyl/N-ethyl adjacent to an activating group) is 1. The molecule has 0 bridgehead atoms. The van der Waals surface area contributed by atoms with E-state index in [4.69, 9.17) is 0 Å². The van der Waals surface area contributed by atoms with Gasteiger partial charge in [0.25, 0.3) is 0 Å². The number of rotatable bonds is 8. The second kappa shape index (κ2) is 8.22. The Balaban J connectivity index is 3.00. The molecule has 0 amide bonds.